The number of hydrogen-bond donors (Lipinski definition) is 0. The van der Waals surface area contributed by atoms with Crippen LogP contribution in [-0.2, 0) is 15.6 Å². The summed E-state index contributed by atoms with van der Waals surface area (Å²) in [6, 6.07) is 17.9. The van der Waals surface area contributed by atoms with Gasteiger partial charge in [-0.15, -0.1) is 0 Å². The van der Waals surface area contributed by atoms with E-state index in [2.05, 4.69) is 45.9 Å². The lowest BCUT2D eigenvalue weighted by atomic mass is 9.63. The Morgan fingerprint density at radius 2 is 1.48 bits per heavy atom. The predicted molar refractivity (Wildman–Crippen MR) is 117 cm³/mol. The third-order valence-electron chi connectivity index (χ3n) is 6.32. The highest BCUT2D eigenvalue weighted by atomic mass is 16.5. The van der Waals surface area contributed by atoms with E-state index in [0.717, 1.165) is 22.3 Å². The molecule has 0 radical (unpaired) electrons. The van der Waals surface area contributed by atoms with Gasteiger partial charge in [-0.1, -0.05) is 45.9 Å². The summed E-state index contributed by atoms with van der Waals surface area (Å²) < 4.78 is 11.1. The van der Waals surface area contributed by atoms with Gasteiger partial charge in [-0.05, 0) is 82.0 Å². The van der Waals surface area contributed by atoms with Gasteiger partial charge in [-0.25, -0.2) is 4.79 Å². The van der Waals surface area contributed by atoms with E-state index in [1.165, 1.54) is 31.1 Å². The molecular formula is C26H28O3. The molecule has 3 nitrogen and oxygen atoms in total. The van der Waals surface area contributed by atoms with Gasteiger partial charge in [0.05, 0.1) is 12.7 Å². The lowest BCUT2D eigenvalue weighted by Crippen LogP contribution is -2.33. The van der Waals surface area contributed by atoms with Gasteiger partial charge in [0.25, 0.3) is 0 Å². The molecule has 1 aliphatic rings. The van der Waals surface area contributed by atoms with Crippen molar-refractivity contribution in [2.75, 3.05) is 7.11 Å². The van der Waals surface area contributed by atoms with Crippen molar-refractivity contribution in [3.05, 3.63) is 71.3 Å². The number of rotatable bonds is 3. The van der Waals surface area contributed by atoms with Crippen LogP contribution in [0.1, 0.15) is 62.0 Å². The molecule has 4 rings (SSSR count). The van der Waals surface area contributed by atoms with Gasteiger partial charge in [0.2, 0.25) is 0 Å². The molecule has 0 unspecified atom stereocenters. The van der Waals surface area contributed by atoms with Gasteiger partial charge in [-0.2, -0.15) is 0 Å². The quantitative estimate of drug-likeness (QED) is 0.465. The molecule has 0 saturated carbocycles. The van der Waals surface area contributed by atoms with Gasteiger partial charge in [0.1, 0.15) is 11.5 Å². The smallest absolute Gasteiger partial charge is 0.338 e. The summed E-state index contributed by atoms with van der Waals surface area (Å²) in [5, 5.41) is 1.81. The number of benzene rings is 3. The van der Waals surface area contributed by atoms with Gasteiger partial charge in [0, 0.05) is 0 Å². The highest BCUT2D eigenvalue weighted by Gasteiger charge is 2.37. The molecule has 0 aromatic heterocycles. The minimum Gasteiger partial charge on any atom is -0.465 e. The first-order valence-electron chi connectivity index (χ1n) is 10.2. The Kier molecular flexibility index (Phi) is 4.65. The molecule has 0 fully saturated rings. The molecule has 29 heavy (non-hydrogen) atoms. The normalized spacial score (nSPS) is 16.9. The zero-order chi connectivity index (χ0) is 20.8. The number of carbonyl (C=O) groups excluding carboxylic acids is 1. The number of ether oxygens (including phenoxy) is 2. The number of methoxy groups -OCH3 is 1. The third kappa shape index (κ3) is 3.50. The number of fused-ring (bicyclic) bond motifs is 2. The zero-order valence-electron chi connectivity index (χ0n) is 17.8. The van der Waals surface area contributed by atoms with Gasteiger partial charge in [0.15, 0.2) is 0 Å². The fourth-order valence-electron chi connectivity index (χ4n) is 4.38. The van der Waals surface area contributed by atoms with Crippen LogP contribution >= 0.6 is 0 Å². The van der Waals surface area contributed by atoms with Crippen molar-refractivity contribution >= 4 is 16.7 Å². The summed E-state index contributed by atoms with van der Waals surface area (Å²) in [4.78, 5) is 12.0. The summed E-state index contributed by atoms with van der Waals surface area (Å²) in [6.45, 7) is 9.28. The molecule has 3 aromatic carbocycles. The standard InChI is InChI=1S/C26H28O3/c1-25(2)13-14-26(3,4)23-16-19(10-12-22(23)25)29-18-9-11-20-17(15-18)7-6-8-21(20)24(27)28-5/h6-12,15-16H,13-14H2,1-5H3. The van der Waals surface area contributed by atoms with Crippen LogP contribution in [0.25, 0.3) is 10.8 Å². The minimum absolute atomic E-state index is 0.142. The van der Waals surface area contributed by atoms with E-state index >= 15 is 0 Å². The summed E-state index contributed by atoms with van der Waals surface area (Å²) in [6.07, 6.45) is 2.36. The van der Waals surface area contributed by atoms with E-state index in [4.69, 9.17) is 9.47 Å². The molecule has 150 valence electrons. The highest BCUT2D eigenvalue weighted by Crippen LogP contribution is 2.47. The van der Waals surface area contributed by atoms with E-state index in [-0.39, 0.29) is 16.8 Å². The molecule has 0 bridgehead atoms. The number of carbonyl (C=O) groups is 1. The lowest BCUT2D eigenvalue weighted by molar-refractivity contribution is 0.0603. The maximum Gasteiger partial charge on any atom is 0.338 e. The monoisotopic (exact) mass is 388 g/mol. The molecule has 1 aliphatic carbocycles. The fourth-order valence-corrected chi connectivity index (χ4v) is 4.38. The molecule has 0 atom stereocenters. The second kappa shape index (κ2) is 6.91. The Labute approximate surface area is 172 Å². The SMILES string of the molecule is COC(=O)c1cccc2cc(Oc3ccc4c(c3)C(C)(C)CCC4(C)C)ccc12. The van der Waals surface area contributed by atoms with Gasteiger partial charge in [-0.3, -0.25) is 0 Å². The van der Waals surface area contributed by atoms with E-state index in [9.17, 15) is 4.79 Å². The van der Waals surface area contributed by atoms with Gasteiger partial charge >= 0.3 is 5.97 Å². The summed E-state index contributed by atoms with van der Waals surface area (Å²) in [7, 11) is 1.40. The molecule has 0 N–H and O–H groups in total. The lowest BCUT2D eigenvalue weighted by Gasteiger charge is -2.41. The highest BCUT2D eigenvalue weighted by molar-refractivity contribution is 6.04. The van der Waals surface area contributed by atoms with Crippen LogP contribution in [-0.4, -0.2) is 13.1 Å². The largest absolute Gasteiger partial charge is 0.465 e. The Hall–Kier alpha value is -2.81. The van der Waals surface area contributed by atoms with Crippen LogP contribution in [0.5, 0.6) is 11.5 Å². The zero-order valence-corrected chi connectivity index (χ0v) is 17.8. The topological polar surface area (TPSA) is 35.5 Å². The molecule has 0 heterocycles. The van der Waals surface area contributed by atoms with Crippen LogP contribution in [0, 0.1) is 0 Å². The van der Waals surface area contributed by atoms with Crippen molar-refractivity contribution in [3.8, 4) is 11.5 Å². The van der Waals surface area contributed by atoms with Crippen molar-refractivity contribution in [1.29, 1.82) is 0 Å². The number of hydrogen-bond acceptors (Lipinski definition) is 3. The molecule has 3 heteroatoms. The average Bonchev–Trinajstić information content (AvgIpc) is 2.70. The van der Waals surface area contributed by atoms with Crippen LogP contribution in [0.2, 0.25) is 0 Å². The first-order chi connectivity index (χ1) is 13.7. The Morgan fingerprint density at radius 1 is 0.828 bits per heavy atom. The molecular weight excluding hydrogens is 360 g/mol. The van der Waals surface area contributed by atoms with Gasteiger partial charge < -0.3 is 9.47 Å². The number of esters is 1. The average molecular weight is 389 g/mol. The van der Waals surface area contributed by atoms with Crippen LogP contribution < -0.4 is 4.74 Å². The van der Waals surface area contributed by atoms with E-state index in [1.54, 1.807) is 6.07 Å². The summed E-state index contributed by atoms with van der Waals surface area (Å²) >= 11 is 0. The molecule has 0 spiro atoms. The maximum atomic E-state index is 12.0. The van der Waals surface area contributed by atoms with E-state index < -0.39 is 0 Å². The van der Waals surface area contributed by atoms with Crippen LogP contribution in [0.15, 0.2) is 54.6 Å². The Balaban J connectivity index is 1.70. The van der Waals surface area contributed by atoms with Crippen molar-refractivity contribution < 1.29 is 14.3 Å². The first kappa shape index (κ1) is 19.5. The summed E-state index contributed by atoms with van der Waals surface area (Å²) in [5.41, 5.74) is 3.69. The van der Waals surface area contributed by atoms with Crippen molar-refractivity contribution in [2.24, 2.45) is 0 Å². The van der Waals surface area contributed by atoms with Crippen molar-refractivity contribution in [2.45, 2.75) is 51.4 Å². The maximum absolute atomic E-state index is 12.0. The third-order valence-corrected chi connectivity index (χ3v) is 6.32. The molecule has 0 aliphatic heterocycles. The summed E-state index contributed by atoms with van der Waals surface area (Å²) in [5.74, 6) is 1.27. The van der Waals surface area contributed by atoms with E-state index in [1.807, 2.05) is 30.3 Å². The van der Waals surface area contributed by atoms with Crippen molar-refractivity contribution in [3.63, 3.8) is 0 Å². The predicted octanol–water partition coefficient (Wildman–Crippen LogP) is 6.77. The second-order valence-corrected chi connectivity index (χ2v) is 9.26. The van der Waals surface area contributed by atoms with Crippen LogP contribution in [0.3, 0.4) is 0 Å². The minimum atomic E-state index is -0.330. The fraction of sp³-hybridized carbons (Fsp3) is 0.346. The Morgan fingerprint density at radius 3 is 2.21 bits per heavy atom. The van der Waals surface area contributed by atoms with E-state index in [0.29, 0.717) is 5.56 Å². The second-order valence-electron chi connectivity index (χ2n) is 9.26. The van der Waals surface area contributed by atoms with Crippen molar-refractivity contribution in [1.82, 2.24) is 0 Å². The Bertz CT molecular complexity index is 1090. The first-order valence-corrected chi connectivity index (χ1v) is 10.2. The molecule has 0 amide bonds. The van der Waals surface area contributed by atoms with Crippen LogP contribution in [0.4, 0.5) is 0 Å². The molecule has 3 aromatic rings. The molecule has 0 saturated heterocycles.